The Kier molecular flexibility index (Phi) is 4.70. The molecule has 0 aliphatic carbocycles. The number of nitrogens with zero attached hydrogens (tertiary/aromatic N) is 1. The second-order valence-electron chi connectivity index (χ2n) is 4.48. The van der Waals surface area contributed by atoms with Crippen LogP contribution in [0.2, 0.25) is 0 Å². The summed E-state index contributed by atoms with van der Waals surface area (Å²) in [6.07, 6.45) is 0.746. The predicted octanol–water partition coefficient (Wildman–Crippen LogP) is 2.48. The lowest BCUT2D eigenvalue weighted by Gasteiger charge is -2.13. The minimum Gasteiger partial charge on any atom is -0.345 e. The number of rotatable bonds is 5. The molecule has 1 atom stereocenters. The van der Waals surface area contributed by atoms with Crippen molar-refractivity contribution in [3.05, 3.63) is 45.8 Å². The van der Waals surface area contributed by atoms with Gasteiger partial charge in [-0.1, -0.05) is 6.92 Å². The molecule has 0 saturated carbocycles. The number of aryl methyl sites for hydroxylation is 1. The van der Waals surface area contributed by atoms with E-state index in [-0.39, 0.29) is 11.9 Å². The van der Waals surface area contributed by atoms with Gasteiger partial charge in [0.2, 0.25) is 0 Å². The second-order valence-corrected chi connectivity index (χ2v) is 5.26. The fraction of sp³-hybridized carbons (Fsp3) is 0.286. The van der Waals surface area contributed by atoms with Crippen molar-refractivity contribution in [3.63, 3.8) is 0 Å². The Hall–Kier alpha value is -1.92. The molecule has 0 aliphatic heterocycles. The first-order valence-corrected chi connectivity index (χ1v) is 7.38. The van der Waals surface area contributed by atoms with Gasteiger partial charge in [0.15, 0.2) is 0 Å². The smallest absolute Gasteiger partial charge is 0.251 e. The minimum atomic E-state index is -0.127. The number of thiophene rings is 1. The van der Waals surface area contributed by atoms with Gasteiger partial charge in [0.05, 0.1) is 6.04 Å². The summed E-state index contributed by atoms with van der Waals surface area (Å²) in [7, 11) is 0. The highest BCUT2D eigenvalue weighted by atomic mass is 32.1. The maximum absolute atomic E-state index is 12.3. The molecule has 0 aromatic carbocycles. The van der Waals surface area contributed by atoms with E-state index in [0.29, 0.717) is 11.4 Å². The number of anilines is 1. The molecule has 20 heavy (non-hydrogen) atoms. The molecule has 2 aromatic rings. The topological polar surface area (TPSA) is 80.0 Å². The number of nitrogen functional groups attached to an aromatic ring is 1. The molecule has 5 nitrogen and oxygen atoms in total. The van der Waals surface area contributed by atoms with E-state index in [4.69, 9.17) is 5.84 Å². The molecular weight excluding hydrogens is 272 g/mol. The molecule has 6 heteroatoms. The van der Waals surface area contributed by atoms with Crippen LogP contribution in [-0.2, 0) is 6.42 Å². The van der Waals surface area contributed by atoms with Crippen molar-refractivity contribution in [2.45, 2.75) is 26.3 Å². The highest BCUT2D eigenvalue weighted by Crippen LogP contribution is 2.17. The zero-order valence-electron chi connectivity index (χ0n) is 11.5. The largest absolute Gasteiger partial charge is 0.345 e. The van der Waals surface area contributed by atoms with Crippen LogP contribution in [0.4, 0.5) is 5.82 Å². The molecule has 106 valence electrons. The van der Waals surface area contributed by atoms with Crippen molar-refractivity contribution < 1.29 is 4.79 Å². The number of aromatic nitrogens is 1. The third-order valence-electron chi connectivity index (χ3n) is 3.04. The molecule has 1 amide bonds. The Balaban J connectivity index is 2.16. The highest BCUT2D eigenvalue weighted by molar-refractivity contribution is 7.07. The van der Waals surface area contributed by atoms with Gasteiger partial charge in [-0.15, -0.1) is 0 Å². The summed E-state index contributed by atoms with van der Waals surface area (Å²) >= 11 is 1.62. The van der Waals surface area contributed by atoms with Crippen molar-refractivity contribution in [2.24, 2.45) is 5.84 Å². The SMILES string of the molecule is CCc1cc(C(=O)NC(C)c2ccsc2)cc(NN)n1. The molecule has 2 aromatic heterocycles. The van der Waals surface area contributed by atoms with E-state index < -0.39 is 0 Å². The molecule has 0 radical (unpaired) electrons. The first kappa shape index (κ1) is 14.5. The molecule has 0 saturated heterocycles. The van der Waals surface area contributed by atoms with Gasteiger partial charge in [0.1, 0.15) is 5.82 Å². The van der Waals surface area contributed by atoms with Crippen molar-refractivity contribution in [2.75, 3.05) is 5.43 Å². The summed E-state index contributed by atoms with van der Waals surface area (Å²) in [4.78, 5) is 16.5. The molecule has 0 aliphatic rings. The Bertz CT molecular complexity index is 561. The third-order valence-corrected chi connectivity index (χ3v) is 3.74. The molecule has 0 fully saturated rings. The van der Waals surface area contributed by atoms with Gasteiger partial charge in [-0.25, -0.2) is 10.8 Å². The number of pyridine rings is 1. The van der Waals surface area contributed by atoms with E-state index in [0.717, 1.165) is 17.7 Å². The molecule has 2 rings (SSSR count). The predicted molar refractivity (Wildman–Crippen MR) is 81.6 cm³/mol. The van der Waals surface area contributed by atoms with Crippen LogP contribution in [0.25, 0.3) is 0 Å². The number of amides is 1. The molecule has 4 N–H and O–H groups in total. The van der Waals surface area contributed by atoms with Crippen LogP contribution in [0.1, 0.15) is 41.5 Å². The quantitative estimate of drug-likeness (QED) is 0.584. The normalized spacial score (nSPS) is 11.9. The average Bonchev–Trinajstić information content (AvgIpc) is 3.00. The maximum atomic E-state index is 12.3. The van der Waals surface area contributed by atoms with Crippen LogP contribution in [0.3, 0.4) is 0 Å². The van der Waals surface area contributed by atoms with Crippen molar-refractivity contribution in [3.8, 4) is 0 Å². The third kappa shape index (κ3) is 3.34. The molecule has 0 bridgehead atoms. The summed E-state index contributed by atoms with van der Waals surface area (Å²) in [5.74, 6) is 5.75. The van der Waals surface area contributed by atoms with E-state index in [1.165, 1.54) is 0 Å². The lowest BCUT2D eigenvalue weighted by atomic mass is 10.1. The summed E-state index contributed by atoms with van der Waals surface area (Å²) in [5, 5.41) is 7.00. The van der Waals surface area contributed by atoms with Crippen molar-refractivity contribution in [1.82, 2.24) is 10.3 Å². The number of hydrazine groups is 1. The molecule has 1 unspecified atom stereocenters. The van der Waals surface area contributed by atoms with E-state index >= 15 is 0 Å². The number of carbonyl (C=O) groups excluding carboxylic acids is 1. The summed E-state index contributed by atoms with van der Waals surface area (Å²) in [6.45, 7) is 3.95. The van der Waals surface area contributed by atoms with Gasteiger partial charge in [0, 0.05) is 11.3 Å². The first-order chi connectivity index (χ1) is 9.63. The van der Waals surface area contributed by atoms with E-state index in [1.54, 1.807) is 23.5 Å². The van der Waals surface area contributed by atoms with E-state index in [2.05, 4.69) is 15.7 Å². The van der Waals surface area contributed by atoms with Gasteiger partial charge < -0.3 is 10.7 Å². The fourth-order valence-corrected chi connectivity index (χ4v) is 2.61. The van der Waals surface area contributed by atoms with Gasteiger partial charge in [0.25, 0.3) is 5.91 Å². The summed E-state index contributed by atoms with van der Waals surface area (Å²) in [6, 6.07) is 5.42. The van der Waals surface area contributed by atoms with Gasteiger partial charge in [-0.3, -0.25) is 4.79 Å². The standard InChI is InChI=1S/C14H18N4OS/c1-3-12-6-11(7-13(17-12)18-15)14(19)16-9(2)10-4-5-20-8-10/h4-9H,3,15H2,1-2H3,(H,16,19)(H,17,18). The van der Waals surface area contributed by atoms with Crippen LogP contribution in [-0.4, -0.2) is 10.9 Å². The number of carbonyl (C=O) groups is 1. The van der Waals surface area contributed by atoms with E-state index in [9.17, 15) is 4.79 Å². The van der Waals surface area contributed by atoms with E-state index in [1.807, 2.05) is 30.7 Å². The summed E-state index contributed by atoms with van der Waals surface area (Å²) < 4.78 is 0. The Morgan fingerprint density at radius 1 is 1.50 bits per heavy atom. The molecular formula is C14H18N4OS. The zero-order valence-corrected chi connectivity index (χ0v) is 12.3. The molecule has 2 heterocycles. The lowest BCUT2D eigenvalue weighted by molar-refractivity contribution is 0.0940. The maximum Gasteiger partial charge on any atom is 0.251 e. The van der Waals surface area contributed by atoms with Crippen LogP contribution in [0.5, 0.6) is 0 Å². The van der Waals surface area contributed by atoms with Crippen LogP contribution in [0, 0.1) is 0 Å². The number of nitrogens with one attached hydrogen (secondary N) is 2. The van der Waals surface area contributed by atoms with Gasteiger partial charge in [-0.05, 0) is 47.9 Å². The second kappa shape index (κ2) is 6.49. The average molecular weight is 290 g/mol. The summed E-state index contributed by atoms with van der Waals surface area (Å²) in [5.41, 5.74) is 4.98. The Morgan fingerprint density at radius 2 is 2.30 bits per heavy atom. The Labute approximate surface area is 122 Å². The number of hydrogen-bond acceptors (Lipinski definition) is 5. The lowest BCUT2D eigenvalue weighted by Crippen LogP contribution is -2.27. The molecule has 0 spiro atoms. The number of nitrogens with two attached hydrogens (primary N) is 1. The van der Waals surface area contributed by atoms with Crippen LogP contribution < -0.4 is 16.6 Å². The van der Waals surface area contributed by atoms with Crippen LogP contribution in [0.15, 0.2) is 29.0 Å². The van der Waals surface area contributed by atoms with Crippen molar-refractivity contribution in [1.29, 1.82) is 0 Å². The fourth-order valence-electron chi connectivity index (χ4n) is 1.86. The Morgan fingerprint density at radius 3 is 2.90 bits per heavy atom. The zero-order chi connectivity index (χ0) is 14.5. The number of hydrogen-bond donors (Lipinski definition) is 3. The minimum absolute atomic E-state index is 0.0266. The van der Waals surface area contributed by atoms with Gasteiger partial charge in [-0.2, -0.15) is 11.3 Å². The van der Waals surface area contributed by atoms with Crippen molar-refractivity contribution >= 4 is 23.1 Å². The first-order valence-electron chi connectivity index (χ1n) is 6.44. The highest BCUT2D eigenvalue weighted by Gasteiger charge is 2.13. The van der Waals surface area contributed by atoms with Crippen LogP contribution >= 0.6 is 11.3 Å². The monoisotopic (exact) mass is 290 g/mol. The van der Waals surface area contributed by atoms with Gasteiger partial charge >= 0.3 is 0 Å².